The topological polar surface area (TPSA) is 109 Å². The van der Waals surface area contributed by atoms with Crippen LogP contribution < -0.4 is 10.5 Å². The van der Waals surface area contributed by atoms with Crippen LogP contribution in [0.15, 0.2) is 35.7 Å². The van der Waals surface area contributed by atoms with Gasteiger partial charge in [0.05, 0.1) is 25.2 Å². The molecule has 1 heterocycles. The second-order valence-corrected chi connectivity index (χ2v) is 4.12. The van der Waals surface area contributed by atoms with Gasteiger partial charge in [0.2, 0.25) is 5.88 Å². The number of hydrogen-bond acceptors (Lipinski definition) is 6. The summed E-state index contributed by atoms with van der Waals surface area (Å²) in [4.78, 5) is 11.9. The molecule has 2 N–H and O–H groups in total. The molecule has 2 rings (SSSR count). The lowest BCUT2D eigenvalue weighted by Gasteiger charge is -2.28. The fraction of sp³-hybridized carbons (Fsp3) is 0.214. The van der Waals surface area contributed by atoms with Crippen molar-refractivity contribution in [3.05, 3.63) is 41.3 Å². The zero-order chi connectivity index (χ0) is 14.7. The molecule has 1 aromatic rings. The molecule has 1 atom stereocenters. The van der Waals surface area contributed by atoms with E-state index >= 15 is 0 Å². The summed E-state index contributed by atoms with van der Waals surface area (Å²) in [7, 11) is 1.20. The van der Waals surface area contributed by atoms with Gasteiger partial charge in [0.1, 0.15) is 17.2 Å². The number of hydrogen-bond donors (Lipinski definition) is 1. The highest BCUT2D eigenvalue weighted by molar-refractivity contribution is 5.91. The van der Waals surface area contributed by atoms with Crippen LogP contribution in [0.4, 0.5) is 0 Å². The quantitative estimate of drug-likeness (QED) is 0.807. The Labute approximate surface area is 115 Å². The zero-order valence-electron chi connectivity index (χ0n) is 10.7. The largest absolute Gasteiger partial charge is 0.465 e. The Morgan fingerprint density at radius 3 is 2.65 bits per heavy atom. The fourth-order valence-corrected chi connectivity index (χ4v) is 2.17. The van der Waals surface area contributed by atoms with Gasteiger partial charge in [0.15, 0.2) is 0 Å². The van der Waals surface area contributed by atoms with Gasteiger partial charge in [0, 0.05) is 5.56 Å². The number of nitriles is 2. The first-order chi connectivity index (χ1) is 9.63. The Hall–Kier alpha value is -2.99. The lowest BCUT2D eigenvalue weighted by molar-refractivity contribution is -0.136. The highest BCUT2D eigenvalue weighted by atomic mass is 16.5. The summed E-state index contributed by atoms with van der Waals surface area (Å²) in [6.07, 6.45) is 0. The molecule has 1 aromatic carbocycles. The van der Waals surface area contributed by atoms with E-state index in [4.69, 9.17) is 21.0 Å². The van der Waals surface area contributed by atoms with E-state index in [1.807, 2.05) is 12.1 Å². The van der Waals surface area contributed by atoms with Crippen molar-refractivity contribution in [1.82, 2.24) is 0 Å². The van der Waals surface area contributed by atoms with Gasteiger partial charge in [-0.3, -0.25) is 0 Å². The standard InChI is InChI=1S/C14H11N3O3/c1-19-14(18)12-11(8(6-15)7-16)9-4-2-3-5-10(9)20-13(12)17/h2-5,8,11H,17H2,1H3. The first-order valence-corrected chi connectivity index (χ1v) is 5.78. The number of carbonyl (C=O) groups is 1. The van der Waals surface area contributed by atoms with Crippen LogP contribution in [0.25, 0.3) is 0 Å². The number of fused-ring (bicyclic) bond motifs is 1. The van der Waals surface area contributed by atoms with Crippen molar-refractivity contribution in [2.75, 3.05) is 7.11 Å². The van der Waals surface area contributed by atoms with Crippen LogP contribution in [-0.4, -0.2) is 13.1 Å². The molecule has 20 heavy (non-hydrogen) atoms. The lowest BCUT2D eigenvalue weighted by atomic mass is 9.80. The molecule has 0 radical (unpaired) electrons. The Balaban J connectivity index is 2.65. The third-order valence-electron chi connectivity index (χ3n) is 3.07. The molecule has 0 spiro atoms. The molecule has 0 saturated heterocycles. The molecule has 6 heteroatoms. The highest BCUT2D eigenvalue weighted by Gasteiger charge is 2.39. The van der Waals surface area contributed by atoms with Gasteiger partial charge in [-0.25, -0.2) is 4.79 Å². The lowest BCUT2D eigenvalue weighted by Crippen LogP contribution is -2.29. The molecule has 0 aliphatic carbocycles. The Morgan fingerprint density at radius 2 is 2.05 bits per heavy atom. The number of carbonyl (C=O) groups excluding carboxylic acids is 1. The van der Waals surface area contributed by atoms with Crippen molar-refractivity contribution in [2.24, 2.45) is 11.7 Å². The number of nitrogens with two attached hydrogens (primary N) is 1. The van der Waals surface area contributed by atoms with Crippen molar-refractivity contribution in [3.63, 3.8) is 0 Å². The first-order valence-electron chi connectivity index (χ1n) is 5.78. The number of rotatable bonds is 2. The van der Waals surface area contributed by atoms with Crippen molar-refractivity contribution in [3.8, 4) is 17.9 Å². The van der Waals surface area contributed by atoms with Crippen LogP contribution in [0.5, 0.6) is 5.75 Å². The van der Waals surface area contributed by atoms with Crippen LogP contribution in [0.2, 0.25) is 0 Å². The molecule has 1 aliphatic rings. The van der Waals surface area contributed by atoms with Crippen molar-refractivity contribution in [2.45, 2.75) is 5.92 Å². The monoisotopic (exact) mass is 269 g/mol. The minimum Gasteiger partial charge on any atom is -0.465 e. The van der Waals surface area contributed by atoms with Gasteiger partial charge in [-0.1, -0.05) is 18.2 Å². The fourth-order valence-electron chi connectivity index (χ4n) is 2.17. The summed E-state index contributed by atoms with van der Waals surface area (Å²) < 4.78 is 10.0. The normalized spacial score (nSPS) is 16.7. The van der Waals surface area contributed by atoms with Crippen LogP contribution in [0, 0.1) is 28.6 Å². The predicted molar refractivity (Wildman–Crippen MR) is 67.8 cm³/mol. The molecular formula is C14H11N3O3. The summed E-state index contributed by atoms with van der Waals surface area (Å²) in [5.41, 5.74) is 6.31. The molecule has 0 saturated carbocycles. The number of ether oxygens (including phenoxy) is 2. The minimum atomic E-state index is -1.06. The van der Waals surface area contributed by atoms with Crippen molar-refractivity contribution in [1.29, 1.82) is 10.5 Å². The average molecular weight is 269 g/mol. The van der Waals surface area contributed by atoms with E-state index in [-0.39, 0.29) is 11.5 Å². The van der Waals surface area contributed by atoms with Crippen LogP contribution in [0.1, 0.15) is 11.5 Å². The molecule has 0 amide bonds. The molecular weight excluding hydrogens is 258 g/mol. The Bertz CT molecular complexity index is 653. The van der Waals surface area contributed by atoms with Crippen molar-refractivity contribution < 1.29 is 14.3 Å². The molecule has 1 aliphatic heterocycles. The molecule has 100 valence electrons. The number of benzene rings is 1. The van der Waals surface area contributed by atoms with Gasteiger partial charge in [-0.05, 0) is 6.07 Å². The van der Waals surface area contributed by atoms with Gasteiger partial charge in [-0.15, -0.1) is 0 Å². The molecule has 6 nitrogen and oxygen atoms in total. The zero-order valence-corrected chi connectivity index (χ0v) is 10.7. The Kier molecular flexibility index (Phi) is 3.58. The van der Waals surface area contributed by atoms with E-state index in [9.17, 15) is 4.79 Å². The summed E-state index contributed by atoms with van der Waals surface area (Å²) in [5, 5.41) is 18.3. The smallest absolute Gasteiger partial charge is 0.339 e. The predicted octanol–water partition coefficient (Wildman–Crippen LogP) is 1.17. The summed E-state index contributed by atoms with van der Waals surface area (Å²) in [6, 6.07) is 10.6. The maximum atomic E-state index is 11.9. The van der Waals surface area contributed by atoms with Gasteiger partial charge >= 0.3 is 5.97 Å². The third kappa shape index (κ3) is 2.04. The number of methoxy groups -OCH3 is 1. The first kappa shape index (κ1) is 13.4. The van der Waals surface area contributed by atoms with Gasteiger partial charge < -0.3 is 15.2 Å². The van der Waals surface area contributed by atoms with Crippen molar-refractivity contribution >= 4 is 5.97 Å². The minimum absolute atomic E-state index is 0.000648. The van der Waals surface area contributed by atoms with Gasteiger partial charge in [0.25, 0.3) is 0 Å². The second-order valence-electron chi connectivity index (χ2n) is 4.12. The highest BCUT2D eigenvalue weighted by Crippen LogP contribution is 2.42. The van der Waals surface area contributed by atoms with Crippen LogP contribution in [-0.2, 0) is 9.53 Å². The van der Waals surface area contributed by atoms with E-state index in [2.05, 4.69) is 4.74 Å². The van der Waals surface area contributed by atoms with Crippen LogP contribution in [0.3, 0.4) is 0 Å². The summed E-state index contributed by atoms with van der Waals surface area (Å²) in [5.74, 6) is -2.28. The molecule has 1 unspecified atom stereocenters. The maximum Gasteiger partial charge on any atom is 0.339 e. The van der Waals surface area contributed by atoms with E-state index in [0.717, 1.165) is 0 Å². The SMILES string of the molecule is COC(=O)C1=C(N)Oc2ccccc2C1C(C#N)C#N. The van der Waals surface area contributed by atoms with E-state index in [0.29, 0.717) is 11.3 Å². The molecule has 0 fully saturated rings. The van der Waals surface area contributed by atoms with Crippen LogP contribution >= 0.6 is 0 Å². The average Bonchev–Trinajstić information content (AvgIpc) is 2.47. The van der Waals surface area contributed by atoms with E-state index < -0.39 is 17.8 Å². The summed E-state index contributed by atoms with van der Waals surface area (Å²) in [6.45, 7) is 0. The van der Waals surface area contributed by atoms with E-state index in [1.165, 1.54) is 7.11 Å². The molecule has 0 aromatic heterocycles. The number of nitrogens with zero attached hydrogens (tertiary/aromatic N) is 2. The van der Waals surface area contributed by atoms with E-state index in [1.54, 1.807) is 24.3 Å². The molecule has 0 bridgehead atoms. The number of esters is 1. The Morgan fingerprint density at radius 1 is 1.40 bits per heavy atom. The maximum absolute atomic E-state index is 11.9. The summed E-state index contributed by atoms with van der Waals surface area (Å²) >= 11 is 0. The van der Waals surface area contributed by atoms with Gasteiger partial charge in [-0.2, -0.15) is 10.5 Å². The number of para-hydroxylation sites is 1. The third-order valence-corrected chi connectivity index (χ3v) is 3.07. The second kappa shape index (κ2) is 5.33.